The van der Waals surface area contributed by atoms with Crippen molar-refractivity contribution in [2.24, 2.45) is 11.8 Å². The van der Waals surface area contributed by atoms with Gasteiger partial charge in [0.1, 0.15) is 5.78 Å². The lowest BCUT2D eigenvalue weighted by Gasteiger charge is -2.16. The Bertz CT molecular complexity index is 439. The zero-order valence-electron chi connectivity index (χ0n) is 17.2. The van der Waals surface area contributed by atoms with E-state index < -0.39 is 0 Å². The smallest absolute Gasteiger partial charge is 0.232 e. The summed E-state index contributed by atoms with van der Waals surface area (Å²) in [5.74, 6) is 0.581. The summed E-state index contributed by atoms with van der Waals surface area (Å²) >= 11 is 0. The van der Waals surface area contributed by atoms with Gasteiger partial charge in [-0.3, -0.25) is 19.3 Å². The van der Waals surface area contributed by atoms with Crippen LogP contribution in [0.4, 0.5) is 0 Å². The van der Waals surface area contributed by atoms with Crippen molar-refractivity contribution < 1.29 is 14.4 Å². The first-order valence-electron chi connectivity index (χ1n) is 10.9. The third-order valence-electron chi connectivity index (χ3n) is 5.55. The summed E-state index contributed by atoms with van der Waals surface area (Å²) in [5.41, 5.74) is 0. The summed E-state index contributed by atoms with van der Waals surface area (Å²) in [4.78, 5) is 38.1. The molecule has 4 heteroatoms. The summed E-state index contributed by atoms with van der Waals surface area (Å²) in [7, 11) is 0. The third kappa shape index (κ3) is 7.59. The number of imide groups is 1. The number of carbonyl (C=O) groups excluding carboxylic acids is 3. The molecule has 1 atom stereocenters. The molecule has 0 saturated carbocycles. The maximum atomic E-state index is 12.5. The third-order valence-corrected chi connectivity index (χ3v) is 5.55. The summed E-state index contributed by atoms with van der Waals surface area (Å²) in [6.07, 6.45) is 12.0. The first kappa shape index (κ1) is 22.9. The largest absolute Gasteiger partial charge is 0.299 e. The van der Waals surface area contributed by atoms with Crippen LogP contribution in [0, 0.1) is 11.8 Å². The Balaban J connectivity index is 2.27. The van der Waals surface area contributed by atoms with Gasteiger partial charge in [-0.15, -0.1) is 0 Å². The van der Waals surface area contributed by atoms with E-state index in [4.69, 9.17) is 0 Å². The average Bonchev–Trinajstić information content (AvgIpc) is 2.89. The lowest BCUT2D eigenvalue weighted by atomic mass is 9.89. The van der Waals surface area contributed by atoms with Crippen LogP contribution >= 0.6 is 0 Å². The van der Waals surface area contributed by atoms with Crippen LogP contribution in [0.25, 0.3) is 0 Å². The van der Waals surface area contributed by atoms with E-state index in [1.807, 2.05) is 6.92 Å². The Morgan fingerprint density at radius 3 is 2.19 bits per heavy atom. The molecule has 0 N–H and O–H groups in total. The van der Waals surface area contributed by atoms with Crippen molar-refractivity contribution in [1.29, 1.82) is 0 Å². The van der Waals surface area contributed by atoms with Gasteiger partial charge in [-0.1, -0.05) is 59.3 Å². The van der Waals surface area contributed by atoms with Crippen molar-refractivity contribution in [3.05, 3.63) is 0 Å². The Hall–Kier alpha value is -1.19. The molecule has 0 aromatic heterocycles. The molecule has 1 rings (SSSR count). The summed E-state index contributed by atoms with van der Waals surface area (Å²) < 4.78 is 0. The topological polar surface area (TPSA) is 54.5 Å². The van der Waals surface area contributed by atoms with Crippen LogP contribution in [0.2, 0.25) is 0 Å². The number of Topliss-reactive ketones (excluding diaryl/α,β-unsaturated/α-hetero) is 1. The molecular formula is C22H39NO3. The van der Waals surface area contributed by atoms with E-state index in [0.717, 1.165) is 70.6 Å². The van der Waals surface area contributed by atoms with Gasteiger partial charge < -0.3 is 0 Å². The van der Waals surface area contributed by atoms with Gasteiger partial charge in [-0.25, -0.2) is 0 Å². The molecule has 0 radical (unpaired) electrons. The molecule has 0 spiro atoms. The van der Waals surface area contributed by atoms with Crippen molar-refractivity contribution in [2.45, 2.75) is 104 Å². The summed E-state index contributed by atoms with van der Waals surface area (Å²) in [6.45, 7) is 6.92. The molecule has 4 nitrogen and oxygen atoms in total. The first-order chi connectivity index (χ1) is 12.5. The van der Waals surface area contributed by atoms with Crippen LogP contribution in [0.15, 0.2) is 0 Å². The minimum Gasteiger partial charge on any atom is -0.299 e. The molecule has 1 fully saturated rings. The maximum Gasteiger partial charge on any atom is 0.232 e. The SMILES string of the molecule is CCCCC(CCCC)C(=O)CCCCCN1C(=O)CC(CCC)C1=O. The molecule has 150 valence electrons. The quantitative estimate of drug-likeness (QED) is 0.293. The first-order valence-corrected chi connectivity index (χ1v) is 10.9. The number of ketones is 1. The second kappa shape index (κ2) is 13.1. The van der Waals surface area contributed by atoms with Gasteiger partial charge >= 0.3 is 0 Å². The fourth-order valence-electron chi connectivity index (χ4n) is 3.88. The van der Waals surface area contributed by atoms with E-state index in [9.17, 15) is 14.4 Å². The van der Waals surface area contributed by atoms with Crippen LogP contribution in [0.5, 0.6) is 0 Å². The molecule has 26 heavy (non-hydrogen) atoms. The molecule has 1 saturated heterocycles. The van der Waals surface area contributed by atoms with Gasteiger partial charge in [0.25, 0.3) is 0 Å². The molecule has 2 amide bonds. The van der Waals surface area contributed by atoms with Gasteiger partial charge in [0.2, 0.25) is 11.8 Å². The highest BCUT2D eigenvalue weighted by Gasteiger charge is 2.37. The second-order valence-corrected chi connectivity index (χ2v) is 7.83. The van der Waals surface area contributed by atoms with Crippen molar-refractivity contribution in [3.63, 3.8) is 0 Å². The number of hydrogen-bond acceptors (Lipinski definition) is 3. The fourth-order valence-corrected chi connectivity index (χ4v) is 3.88. The minimum absolute atomic E-state index is 0.0104. The van der Waals surface area contributed by atoms with Crippen LogP contribution < -0.4 is 0 Å². The highest BCUT2D eigenvalue weighted by molar-refractivity contribution is 6.03. The number of rotatable bonds is 15. The Morgan fingerprint density at radius 2 is 1.62 bits per heavy atom. The van der Waals surface area contributed by atoms with Crippen molar-refractivity contribution in [2.75, 3.05) is 6.54 Å². The molecule has 0 aromatic carbocycles. The van der Waals surface area contributed by atoms with Crippen LogP contribution in [0.3, 0.4) is 0 Å². The van der Waals surface area contributed by atoms with Crippen LogP contribution in [-0.2, 0) is 14.4 Å². The van der Waals surface area contributed by atoms with Crippen LogP contribution in [-0.4, -0.2) is 29.0 Å². The number of carbonyl (C=O) groups is 3. The Labute approximate surface area is 160 Å². The van der Waals surface area contributed by atoms with Gasteiger partial charge in [-0.05, 0) is 32.1 Å². The number of nitrogens with zero attached hydrogens (tertiary/aromatic N) is 1. The highest BCUT2D eigenvalue weighted by Crippen LogP contribution is 2.24. The van der Waals surface area contributed by atoms with E-state index in [2.05, 4.69) is 13.8 Å². The number of likely N-dealkylation sites (tertiary alicyclic amines) is 1. The zero-order valence-corrected chi connectivity index (χ0v) is 17.2. The van der Waals surface area contributed by atoms with Crippen molar-refractivity contribution in [3.8, 4) is 0 Å². The second-order valence-electron chi connectivity index (χ2n) is 7.83. The van der Waals surface area contributed by atoms with Crippen LogP contribution in [0.1, 0.15) is 104 Å². The minimum atomic E-state index is -0.0908. The Kier molecular flexibility index (Phi) is 11.5. The molecule has 0 aromatic rings. The average molecular weight is 366 g/mol. The van der Waals surface area contributed by atoms with E-state index in [0.29, 0.717) is 25.2 Å². The fraction of sp³-hybridized carbons (Fsp3) is 0.864. The molecule has 1 aliphatic heterocycles. The monoisotopic (exact) mass is 365 g/mol. The lowest BCUT2D eigenvalue weighted by molar-refractivity contribution is -0.139. The van der Waals surface area contributed by atoms with E-state index in [1.165, 1.54) is 4.90 Å². The van der Waals surface area contributed by atoms with E-state index in [1.54, 1.807) is 0 Å². The molecule has 1 unspecified atom stereocenters. The predicted molar refractivity (Wildman–Crippen MR) is 106 cm³/mol. The number of hydrogen-bond donors (Lipinski definition) is 0. The van der Waals surface area contributed by atoms with Gasteiger partial charge in [0.15, 0.2) is 0 Å². The molecule has 1 heterocycles. The standard InChI is InChI=1S/C22H39NO3/c1-4-7-13-18(14-8-5-2)20(24)15-10-9-11-16-23-21(25)17-19(12-6-3)22(23)26/h18-19H,4-17H2,1-3H3. The number of unbranched alkanes of at least 4 members (excludes halogenated alkanes) is 4. The lowest BCUT2D eigenvalue weighted by Crippen LogP contribution is -2.31. The Morgan fingerprint density at radius 1 is 0.962 bits per heavy atom. The van der Waals surface area contributed by atoms with Crippen molar-refractivity contribution >= 4 is 17.6 Å². The molecular weight excluding hydrogens is 326 g/mol. The molecule has 1 aliphatic rings. The summed E-state index contributed by atoms with van der Waals surface area (Å²) in [5, 5.41) is 0. The van der Waals surface area contributed by atoms with Crippen molar-refractivity contribution in [1.82, 2.24) is 4.90 Å². The normalized spacial score (nSPS) is 17.5. The zero-order chi connectivity index (χ0) is 19.4. The van der Waals surface area contributed by atoms with E-state index in [-0.39, 0.29) is 23.7 Å². The molecule has 0 aliphatic carbocycles. The van der Waals surface area contributed by atoms with E-state index >= 15 is 0 Å². The van der Waals surface area contributed by atoms with Gasteiger partial charge in [-0.2, -0.15) is 0 Å². The van der Waals surface area contributed by atoms with Gasteiger partial charge in [0, 0.05) is 31.2 Å². The maximum absolute atomic E-state index is 12.5. The molecule has 0 bridgehead atoms. The highest BCUT2D eigenvalue weighted by atomic mass is 16.2. The number of amides is 2. The predicted octanol–water partition coefficient (Wildman–Crippen LogP) is 5.29. The summed E-state index contributed by atoms with van der Waals surface area (Å²) in [6, 6.07) is 0. The van der Waals surface area contributed by atoms with Gasteiger partial charge in [0.05, 0.1) is 0 Å².